The smallest absolute Gasteiger partial charge is 0.164 e. The van der Waals surface area contributed by atoms with E-state index < -0.39 is 0 Å². The Morgan fingerprint density at radius 3 is 1.21 bits per heavy atom. The molecule has 0 amide bonds. The van der Waals surface area contributed by atoms with E-state index in [9.17, 15) is 0 Å². The largest absolute Gasteiger partial charge is 0.208 e. The summed E-state index contributed by atoms with van der Waals surface area (Å²) in [4.78, 5) is 15.4. The summed E-state index contributed by atoms with van der Waals surface area (Å²) < 4.78 is 0. The molecule has 0 fully saturated rings. The molecule has 9 aromatic rings. The first-order valence-electron chi connectivity index (χ1n) is 17.5. The topological polar surface area (TPSA) is 38.7 Å². The van der Waals surface area contributed by atoms with Crippen LogP contribution in [-0.4, -0.2) is 15.0 Å². The Balaban J connectivity index is 1.18. The molecule has 0 aliphatic carbocycles. The summed E-state index contributed by atoms with van der Waals surface area (Å²) in [6.07, 6.45) is 0. The van der Waals surface area contributed by atoms with Gasteiger partial charge >= 0.3 is 0 Å². The van der Waals surface area contributed by atoms with Crippen LogP contribution >= 0.6 is 0 Å². The fourth-order valence-corrected chi connectivity index (χ4v) is 6.91. The molecule has 0 N–H and O–H groups in total. The van der Waals surface area contributed by atoms with Crippen LogP contribution in [0.15, 0.2) is 200 Å². The molecule has 0 aliphatic rings. The van der Waals surface area contributed by atoms with Gasteiger partial charge in [0.1, 0.15) is 0 Å². The maximum atomic E-state index is 5.22. The van der Waals surface area contributed by atoms with Crippen molar-refractivity contribution in [3.8, 4) is 78.7 Å². The number of nitrogens with zero attached hydrogens (tertiary/aromatic N) is 3. The van der Waals surface area contributed by atoms with E-state index in [4.69, 9.17) is 15.0 Å². The van der Waals surface area contributed by atoms with E-state index >= 15 is 0 Å². The normalized spacial score (nSPS) is 11.1. The summed E-state index contributed by atoms with van der Waals surface area (Å²) in [7, 11) is 0. The Labute approximate surface area is 303 Å². The lowest BCUT2D eigenvalue weighted by Crippen LogP contribution is -2.01. The molecule has 9 rings (SSSR count). The minimum absolute atomic E-state index is 0.633. The molecule has 3 heteroatoms. The SMILES string of the molecule is c1ccc(-c2ccc(-c3ccccc3)c(-c3nc(-c4ccccc4)nc(-c4ccc5cc(-c6ccccc6-c6ccccc6)ccc5c4)n3)c2)cc1. The average molecular weight is 664 g/mol. The predicted octanol–water partition coefficient (Wildman–Crippen LogP) is 12.7. The molecule has 244 valence electrons. The zero-order valence-corrected chi connectivity index (χ0v) is 28.4. The van der Waals surface area contributed by atoms with Crippen LogP contribution in [0.1, 0.15) is 0 Å². The minimum Gasteiger partial charge on any atom is -0.208 e. The van der Waals surface area contributed by atoms with Crippen molar-refractivity contribution in [2.45, 2.75) is 0 Å². The van der Waals surface area contributed by atoms with E-state index in [1.54, 1.807) is 0 Å². The van der Waals surface area contributed by atoms with Gasteiger partial charge < -0.3 is 0 Å². The second-order valence-corrected chi connectivity index (χ2v) is 12.9. The summed E-state index contributed by atoms with van der Waals surface area (Å²) in [6, 6.07) is 70.0. The minimum atomic E-state index is 0.633. The van der Waals surface area contributed by atoms with Gasteiger partial charge in [0, 0.05) is 16.7 Å². The molecular formula is C49H33N3. The van der Waals surface area contributed by atoms with Crippen LogP contribution in [0.25, 0.3) is 89.4 Å². The van der Waals surface area contributed by atoms with Crippen molar-refractivity contribution in [2.24, 2.45) is 0 Å². The van der Waals surface area contributed by atoms with Gasteiger partial charge in [-0.25, -0.2) is 15.0 Å². The van der Waals surface area contributed by atoms with Crippen molar-refractivity contribution in [2.75, 3.05) is 0 Å². The molecular weight excluding hydrogens is 631 g/mol. The lowest BCUT2D eigenvalue weighted by Gasteiger charge is -2.14. The van der Waals surface area contributed by atoms with Crippen LogP contribution in [0.4, 0.5) is 0 Å². The second-order valence-electron chi connectivity index (χ2n) is 12.9. The maximum absolute atomic E-state index is 5.22. The summed E-state index contributed by atoms with van der Waals surface area (Å²) in [6.45, 7) is 0. The third-order valence-electron chi connectivity index (χ3n) is 9.54. The standard InChI is InChI=1S/C49H33N3/c1-5-15-34(16-6-1)40-29-30-45(36-19-9-3-10-20-36)46(33-40)49-51-47(37-21-11-4-12-22-37)50-48(52-49)42-28-26-38-31-41(27-25-39(38)32-42)44-24-14-13-23-43(44)35-17-7-2-8-18-35/h1-33H. The van der Waals surface area contributed by atoms with Gasteiger partial charge in [0.2, 0.25) is 0 Å². The van der Waals surface area contributed by atoms with Crippen LogP contribution in [0.5, 0.6) is 0 Å². The molecule has 1 heterocycles. The van der Waals surface area contributed by atoms with Crippen molar-refractivity contribution in [3.63, 3.8) is 0 Å². The first-order valence-corrected chi connectivity index (χ1v) is 17.5. The molecule has 0 radical (unpaired) electrons. The van der Waals surface area contributed by atoms with Crippen LogP contribution in [0.3, 0.4) is 0 Å². The van der Waals surface area contributed by atoms with Crippen LogP contribution in [0, 0.1) is 0 Å². The number of aromatic nitrogens is 3. The lowest BCUT2D eigenvalue weighted by molar-refractivity contribution is 1.07. The summed E-state index contributed by atoms with van der Waals surface area (Å²) in [5, 5.41) is 2.28. The maximum Gasteiger partial charge on any atom is 0.164 e. The quantitative estimate of drug-likeness (QED) is 0.170. The van der Waals surface area contributed by atoms with E-state index in [0.717, 1.165) is 49.7 Å². The highest BCUT2D eigenvalue weighted by atomic mass is 15.0. The molecule has 0 bridgehead atoms. The monoisotopic (exact) mass is 663 g/mol. The first kappa shape index (κ1) is 31.0. The Morgan fingerprint density at radius 1 is 0.212 bits per heavy atom. The van der Waals surface area contributed by atoms with Crippen molar-refractivity contribution in [3.05, 3.63) is 200 Å². The van der Waals surface area contributed by atoms with E-state index in [1.807, 2.05) is 30.3 Å². The number of rotatable bonds is 7. The number of fused-ring (bicyclic) bond motifs is 1. The van der Waals surface area contributed by atoms with Crippen molar-refractivity contribution in [1.82, 2.24) is 15.0 Å². The van der Waals surface area contributed by atoms with E-state index in [-0.39, 0.29) is 0 Å². The Hall–Kier alpha value is -6.97. The molecule has 0 saturated heterocycles. The Kier molecular flexibility index (Phi) is 8.20. The van der Waals surface area contributed by atoms with Gasteiger partial charge in [0.25, 0.3) is 0 Å². The summed E-state index contributed by atoms with van der Waals surface area (Å²) in [5.74, 6) is 1.90. The van der Waals surface area contributed by atoms with Gasteiger partial charge in [-0.05, 0) is 73.5 Å². The highest BCUT2D eigenvalue weighted by molar-refractivity contribution is 5.93. The predicted molar refractivity (Wildman–Crippen MR) is 215 cm³/mol. The molecule has 0 saturated carbocycles. The highest BCUT2D eigenvalue weighted by Gasteiger charge is 2.17. The van der Waals surface area contributed by atoms with Gasteiger partial charge in [-0.3, -0.25) is 0 Å². The second kappa shape index (κ2) is 13.7. The average Bonchev–Trinajstić information content (AvgIpc) is 3.24. The number of benzene rings is 8. The van der Waals surface area contributed by atoms with Crippen LogP contribution in [0.2, 0.25) is 0 Å². The Morgan fingerprint density at radius 2 is 0.615 bits per heavy atom. The fraction of sp³-hybridized carbons (Fsp3) is 0. The zero-order chi connectivity index (χ0) is 34.7. The highest BCUT2D eigenvalue weighted by Crippen LogP contribution is 2.37. The van der Waals surface area contributed by atoms with Crippen LogP contribution < -0.4 is 0 Å². The van der Waals surface area contributed by atoms with Gasteiger partial charge in [-0.1, -0.05) is 182 Å². The van der Waals surface area contributed by atoms with Gasteiger partial charge in [-0.2, -0.15) is 0 Å². The molecule has 52 heavy (non-hydrogen) atoms. The van der Waals surface area contributed by atoms with Gasteiger partial charge in [0.05, 0.1) is 0 Å². The van der Waals surface area contributed by atoms with E-state index in [0.29, 0.717) is 17.5 Å². The van der Waals surface area contributed by atoms with Crippen molar-refractivity contribution >= 4 is 10.8 Å². The van der Waals surface area contributed by atoms with Crippen LogP contribution in [-0.2, 0) is 0 Å². The van der Waals surface area contributed by atoms with E-state index in [2.05, 4.69) is 170 Å². The van der Waals surface area contributed by atoms with Crippen molar-refractivity contribution in [1.29, 1.82) is 0 Å². The summed E-state index contributed by atoms with van der Waals surface area (Å²) in [5.41, 5.74) is 12.1. The molecule has 1 aromatic heterocycles. The lowest BCUT2D eigenvalue weighted by atomic mass is 9.93. The third kappa shape index (κ3) is 6.17. The van der Waals surface area contributed by atoms with Gasteiger partial charge in [-0.15, -0.1) is 0 Å². The number of hydrogen-bond donors (Lipinski definition) is 0. The molecule has 0 spiro atoms. The van der Waals surface area contributed by atoms with E-state index in [1.165, 1.54) is 22.3 Å². The van der Waals surface area contributed by atoms with Gasteiger partial charge in [0.15, 0.2) is 17.5 Å². The summed E-state index contributed by atoms with van der Waals surface area (Å²) >= 11 is 0. The molecule has 3 nitrogen and oxygen atoms in total. The molecule has 8 aromatic carbocycles. The zero-order valence-electron chi connectivity index (χ0n) is 28.4. The Bertz CT molecular complexity index is 2650. The molecule has 0 unspecified atom stereocenters. The first-order chi connectivity index (χ1) is 25.8. The third-order valence-corrected chi connectivity index (χ3v) is 9.54. The number of hydrogen-bond acceptors (Lipinski definition) is 3. The fourth-order valence-electron chi connectivity index (χ4n) is 6.91. The molecule has 0 aliphatic heterocycles. The van der Waals surface area contributed by atoms with Crippen molar-refractivity contribution < 1.29 is 0 Å². The molecule has 0 atom stereocenters.